The van der Waals surface area contributed by atoms with Crippen molar-refractivity contribution < 1.29 is 14.3 Å². The maximum atomic E-state index is 12.8. The fraction of sp³-hybridized carbons (Fsp3) is 0.619. The van der Waals surface area contributed by atoms with Crippen molar-refractivity contribution in [2.75, 3.05) is 33.8 Å². The van der Waals surface area contributed by atoms with Crippen LogP contribution >= 0.6 is 24.8 Å². The van der Waals surface area contributed by atoms with Gasteiger partial charge in [0.05, 0.1) is 25.2 Å². The zero-order valence-corrected chi connectivity index (χ0v) is 19.1. The second kappa shape index (κ2) is 10.8. The van der Waals surface area contributed by atoms with Crippen LogP contribution in [0, 0.1) is 0 Å². The van der Waals surface area contributed by atoms with Crippen LogP contribution in [0.5, 0.6) is 0 Å². The summed E-state index contributed by atoms with van der Waals surface area (Å²) in [5.41, 5.74) is 2.53. The van der Waals surface area contributed by atoms with E-state index in [2.05, 4.69) is 27.7 Å². The first-order valence-electron chi connectivity index (χ1n) is 10.2. The van der Waals surface area contributed by atoms with Gasteiger partial charge in [0.1, 0.15) is 0 Å². The highest BCUT2D eigenvalue weighted by Crippen LogP contribution is 2.25. The smallest absolute Gasteiger partial charge is 0.237 e. The molecule has 1 aromatic rings. The zero-order valence-electron chi connectivity index (χ0n) is 17.5. The molecule has 0 unspecified atom stereocenters. The van der Waals surface area contributed by atoms with Crippen LogP contribution in [0.4, 0.5) is 0 Å². The summed E-state index contributed by atoms with van der Waals surface area (Å²) < 4.78 is 5.91. The first-order valence-corrected chi connectivity index (χ1v) is 10.2. The summed E-state index contributed by atoms with van der Waals surface area (Å²) in [4.78, 5) is 28.7. The molecule has 2 N–H and O–H groups in total. The Morgan fingerprint density at radius 3 is 2.67 bits per heavy atom. The van der Waals surface area contributed by atoms with Crippen LogP contribution in [-0.4, -0.2) is 79.6 Å². The Kier molecular flexibility index (Phi) is 8.94. The fourth-order valence-corrected chi connectivity index (χ4v) is 4.49. The molecule has 2 fully saturated rings. The van der Waals surface area contributed by atoms with Crippen LogP contribution in [0.25, 0.3) is 0 Å². The summed E-state index contributed by atoms with van der Waals surface area (Å²) >= 11 is 0. The van der Waals surface area contributed by atoms with Gasteiger partial charge in [0.25, 0.3) is 0 Å². The van der Waals surface area contributed by atoms with Crippen molar-refractivity contribution >= 4 is 36.6 Å². The molecular weight excluding hydrogens is 427 g/mol. The number of morpholine rings is 1. The topological polar surface area (TPSA) is 73.9 Å². The molecule has 30 heavy (non-hydrogen) atoms. The van der Waals surface area contributed by atoms with E-state index in [0.29, 0.717) is 19.1 Å². The van der Waals surface area contributed by atoms with Crippen molar-refractivity contribution in [3.8, 4) is 0 Å². The van der Waals surface area contributed by atoms with Gasteiger partial charge in [0, 0.05) is 45.8 Å². The normalized spacial score (nSPS) is 27.7. The van der Waals surface area contributed by atoms with Crippen molar-refractivity contribution in [2.24, 2.45) is 0 Å². The van der Waals surface area contributed by atoms with Crippen LogP contribution < -0.4 is 10.6 Å². The van der Waals surface area contributed by atoms with Gasteiger partial charge < -0.3 is 20.3 Å². The lowest BCUT2D eigenvalue weighted by atomic mass is 9.95. The predicted octanol–water partition coefficient (Wildman–Crippen LogP) is 0.981. The maximum Gasteiger partial charge on any atom is 0.237 e. The molecule has 0 saturated carbocycles. The molecule has 0 aromatic heterocycles. The third-order valence-electron chi connectivity index (χ3n) is 6.14. The van der Waals surface area contributed by atoms with Gasteiger partial charge >= 0.3 is 0 Å². The third-order valence-corrected chi connectivity index (χ3v) is 6.14. The molecular formula is C21H32Cl2N4O3. The number of hydrogen-bond acceptors (Lipinski definition) is 5. The summed E-state index contributed by atoms with van der Waals surface area (Å²) in [5, 5.41) is 6.59. The van der Waals surface area contributed by atoms with E-state index >= 15 is 0 Å². The van der Waals surface area contributed by atoms with E-state index in [4.69, 9.17) is 4.74 Å². The molecule has 2 amide bonds. The van der Waals surface area contributed by atoms with Gasteiger partial charge in [-0.2, -0.15) is 0 Å². The van der Waals surface area contributed by atoms with Gasteiger partial charge in [0.2, 0.25) is 11.8 Å². The van der Waals surface area contributed by atoms with Gasteiger partial charge in [-0.15, -0.1) is 24.8 Å². The highest BCUT2D eigenvalue weighted by molar-refractivity contribution is 5.85. The average Bonchev–Trinajstić information content (AvgIpc) is 3.08. The minimum absolute atomic E-state index is 0. The van der Waals surface area contributed by atoms with Crippen molar-refractivity contribution in [3.63, 3.8) is 0 Å². The molecule has 9 heteroatoms. The van der Waals surface area contributed by atoms with E-state index in [1.54, 1.807) is 19.0 Å². The summed E-state index contributed by atoms with van der Waals surface area (Å²) in [6.07, 6.45) is 2.00. The highest BCUT2D eigenvalue weighted by Gasteiger charge is 2.39. The van der Waals surface area contributed by atoms with Crippen LogP contribution in [0.1, 0.15) is 24.0 Å². The molecule has 1 aromatic carbocycles. The molecule has 0 spiro atoms. The van der Waals surface area contributed by atoms with E-state index in [-0.39, 0.29) is 54.8 Å². The van der Waals surface area contributed by atoms with Crippen molar-refractivity contribution in [1.82, 2.24) is 20.4 Å². The van der Waals surface area contributed by atoms with Crippen LogP contribution in [0.2, 0.25) is 0 Å². The Hall–Kier alpha value is -1.38. The number of rotatable bonds is 4. The van der Waals surface area contributed by atoms with E-state index in [9.17, 15) is 9.59 Å². The summed E-state index contributed by atoms with van der Waals surface area (Å²) in [5.74, 6) is 0.177. The Morgan fingerprint density at radius 2 is 1.93 bits per heavy atom. The lowest BCUT2D eigenvalue weighted by molar-refractivity contribution is -0.134. The van der Waals surface area contributed by atoms with Crippen LogP contribution in [0.3, 0.4) is 0 Å². The summed E-state index contributed by atoms with van der Waals surface area (Å²) in [6, 6.07) is 8.60. The minimum atomic E-state index is -0.172. The number of carbonyl (C=O) groups is 2. The second-order valence-corrected chi connectivity index (χ2v) is 8.40. The van der Waals surface area contributed by atoms with Crippen molar-refractivity contribution in [1.29, 1.82) is 0 Å². The van der Waals surface area contributed by atoms with E-state index in [0.717, 1.165) is 32.5 Å². The number of fused-ring (bicyclic) bond motifs is 2. The Bertz CT molecular complexity index is 749. The van der Waals surface area contributed by atoms with Crippen molar-refractivity contribution in [2.45, 2.75) is 50.0 Å². The molecule has 4 atom stereocenters. The standard InChI is InChI=1S/C21H30N4O3.2ClH/c1-24(2)20(26)9-18-12-25-11-16(8-17(25)13-28-18)23-21(27)19-7-14-5-3-4-6-15(14)10-22-19;;/h3-6,16-19,22H,7-13H2,1-2H3,(H,23,27);2*1H/t16-,17+,18+,19-;;/m1../s1. The predicted molar refractivity (Wildman–Crippen MR) is 120 cm³/mol. The Balaban J connectivity index is 0.00000160. The number of ether oxygens (including phenoxy) is 1. The highest BCUT2D eigenvalue weighted by atomic mass is 35.5. The molecule has 3 heterocycles. The molecule has 0 bridgehead atoms. The van der Waals surface area contributed by atoms with Crippen LogP contribution in [-0.2, 0) is 27.3 Å². The maximum absolute atomic E-state index is 12.8. The number of benzene rings is 1. The average molecular weight is 459 g/mol. The SMILES string of the molecule is CN(C)C(=O)C[C@H]1CN2C[C@H](NC(=O)[C@H]3Cc4ccccc4CN3)C[C@H]2CO1.Cl.Cl. The molecule has 2 saturated heterocycles. The Morgan fingerprint density at radius 1 is 1.20 bits per heavy atom. The fourth-order valence-electron chi connectivity index (χ4n) is 4.49. The number of nitrogens with one attached hydrogen (secondary N) is 2. The van der Waals surface area contributed by atoms with Gasteiger partial charge in [-0.1, -0.05) is 24.3 Å². The van der Waals surface area contributed by atoms with E-state index < -0.39 is 0 Å². The molecule has 168 valence electrons. The first kappa shape index (κ1) is 24.9. The number of halogens is 2. The molecule has 7 nitrogen and oxygen atoms in total. The van der Waals surface area contributed by atoms with E-state index in [1.165, 1.54) is 11.1 Å². The number of carbonyl (C=O) groups excluding carboxylic acids is 2. The molecule has 4 rings (SSSR count). The largest absolute Gasteiger partial charge is 0.375 e. The number of amides is 2. The molecule has 0 aliphatic carbocycles. The molecule has 0 radical (unpaired) electrons. The third kappa shape index (κ3) is 5.65. The lowest BCUT2D eigenvalue weighted by Crippen LogP contribution is -2.51. The monoisotopic (exact) mass is 458 g/mol. The summed E-state index contributed by atoms with van der Waals surface area (Å²) in [6.45, 7) is 2.96. The van der Waals surface area contributed by atoms with Gasteiger partial charge in [-0.05, 0) is 24.0 Å². The Labute approximate surface area is 190 Å². The summed E-state index contributed by atoms with van der Waals surface area (Å²) in [7, 11) is 3.54. The number of nitrogens with zero attached hydrogens (tertiary/aromatic N) is 2. The van der Waals surface area contributed by atoms with Crippen LogP contribution in [0.15, 0.2) is 24.3 Å². The molecule has 3 aliphatic heterocycles. The van der Waals surface area contributed by atoms with Gasteiger partial charge in [0.15, 0.2) is 0 Å². The van der Waals surface area contributed by atoms with Crippen molar-refractivity contribution in [3.05, 3.63) is 35.4 Å². The lowest BCUT2D eigenvalue weighted by Gasteiger charge is -2.35. The van der Waals surface area contributed by atoms with Gasteiger partial charge in [-0.3, -0.25) is 14.5 Å². The second-order valence-electron chi connectivity index (χ2n) is 8.40. The van der Waals surface area contributed by atoms with Gasteiger partial charge in [-0.25, -0.2) is 0 Å². The zero-order chi connectivity index (χ0) is 19.7. The van der Waals surface area contributed by atoms with E-state index in [1.807, 2.05) is 12.1 Å². The number of hydrogen-bond donors (Lipinski definition) is 2. The quantitative estimate of drug-likeness (QED) is 0.703. The first-order chi connectivity index (χ1) is 13.5. The minimum Gasteiger partial charge on any atom is -0.375 e. The molecule has 3 aliphatic rings.